The molecule has 0 fully saturated rings. The van der Waals surface area contributed by atoms with Gasteiger partial charge in [-0.05, 0) is 88.0 Å². The van der Waals surface area contributed by atoms with Crippen molar-refractivity contribution in [2.75, 3.05) is 0 Å². The number of hydrogen-bond donors (Lipinski definition) is 0. The summed E-state index contributed by atoms with van der Waals surface area (Å²) >= 11 is 1.88. The lowest BCUT2D eigenvalue weighted by molar-refractivity contribution is 1.16. The second kappa shape index (κ2) is 12.7. The van der Waals surface area contributed by atoms with E-state index in [4.69, 9.17) is 0 Å². The molecule has 57 heavy (non-hydrogen) atoms. The van der Waals surface area contributed by atoms with Crippen molar-refractivity contribution in [3.05, 3.63) is 206 Å². The summed E-state index contributed by atoms with van der Waals surface area (Å²) in [5.41, 5.74) is 14.4. The monoisotopic (exact) mass is 742 g/mol. The highest BCUT2D eigenvalue weighted by Crippen LogP contribution is 2.43. The molecule has 12 aromatic rings. The Morgan fingerprint density at radius 3 is 1.58 bits per heavy atom. The molecule has 0 amide bonds. The van der Waals surface area contributed by atoms with E-state index in [1.54, 1.807) is 0 Å². The molecule has 0 saturated heterocycles. The summed E-state index contributed by atoms with van der Waals surface area (Å²) in [6.45, 7) is 0. The van der Waals surface area contributed by atoms with Crippen LogP contribution in [0.5, 0.6) is 0 Å². The summed E-state index contributed by atoms with van der Waals surface area (Å²) in [4.78, 5) is 0. The van der Waals surface area contributed by atoms with Crippen LogP contribution in [0.15, 0.2) is 206 Å². The molecule has 0 unspecified atom stereocenters. The van der Waals surface area contributed by atoms with Gasteiger partial charge in [0, 0.05) is 53.1 Å². The van der Waals surface area contributed by atoms with E-state index in [0.29, 0.717) is 0 Å². The zero-order valence-corrected chi connectivity index (χ0v) is 31.7. The van der Waals surface area contributed by atoms with E-state index in [1.807, 2.05) is 11.3 Å². The highest BCUT2D eigenvalue weighted by Gasteiger charge is 2.19. The van der Waals surface area contributed by atoms with Crippen LogP contribution < -0.4 is 0 Å². The first kappa shape index (κ1) is 32.1. The molecule has 0 aliphatic rings. The number of benzene rings is 9. The standard InChI is InChI=1S/C54H34N2S/c1-3-12-35(13-4-1)36-22-24-37(25-23-36)39-28-31-44-48-33-47-43-16-7-9-20-49(43)55(40-14-5-2-6-15-40)51(47)34-52(48)56(50(44)32-39)41-29-26-38(27-30-41)42-18-11-19-46-45-17-8-10-21-53(45)57-54(42)46/h1-34H. The predicted octanol–water partition coefficient (Wildman–Crippen LogP) is 15.2. The summed E-state index contributed by atoms with van der Waals surface area (Å²) in [7, 11) is 0. The first-order valence-corrected chi connectivity index (χ1v) is 20.3. The van der Waals surface area contributed by atoms with E-state index in [-0.39, 0.29) is 0 Å². The molecule has 2 nitrogen and oxygen atoms in total. The van der Waals surface area contributed by atoms with Crippen LogP contribution in [0.4, 0.5) is 0 Å². The van der Waals surface area contributed by atoms with E-state index in [1.165, 1.54) is 97.2 Å². The van der Waals surface area contributed by atoms with Crippen molar-refractivity contribution in [3.8, 4) is 44.8 Å². The van der Waals surface area contributed by atoms with E-state index in [2.05, 4.69) is 215 Å². The maximum absolute atomic E-state index is 2.47. The second-order valence-electron chi connectivity index (χ2n) is 14.9. The first-order valence-electron chi connectivity index (χ1n) is 19.5. The van der Waals surface area contributed by atoms with Gasteiger partial charge in [-0.15, -0.1) is 11.3 Å². The van der Waals surface area contributed by atoms with Crippen LogP contribution in [0.25, 0.3) is 109 Å². The number of aromatic nitrogens is 2. The number of nitrogens with zero attached hydrogens (tertiary/aromatic N) is 2. The molecular formula is C54H34N2S. The number of thiophene rings is 1. The SMILES string of the molecule is c1ccc(-c2ccc(-c3ccc4c5cc6c7ccccc7n(-c7ccccc7)c6cc5n(-c5ccc(-c6cccc7c6sc6ccccc67)cc5)c4c3)cc2)cc1. The van der Waals surface area contributed by atoms with Crippen LogP contribution in [0.2, 0.25) is 0 Å². The number of para-hydroxylation sites is 2. The van der Waals surface area contributed by atoms with Crippen molar-refractivity contribution in [1.29, 1.82) is 0 Å². The van der Waals surface area contributed by atoms with Crippen molar-refractivity contribution in [2.24, 2.45) is 0 Å². The smallest absolute Gasteiger partial charge is 0.0562 e. The average Bonchev–Trinajstić information content (AvgIpc) is 3.93. The summed E-state index contributed by atoms with van der Waals surface area (Å²) in [6.07, 6.45) is 0. The molecule has 0 aliphatic carbocycles. The van der Waals surface area contributed by atoms with Crippen LogP contribution in [0, 0.1) is 0 Å². The van der Waals surface area contributed by atoms with Gasteiger partial charge in [0.1, 0.15) is 0 Å². The van der Waals surface area contributed by atoms with Gasteiger partial charge in [0.05, 0.1) is 22.1 Å². The lowest BCUT2D eigenvalue weighted by Gasteiger charge is -2.12. The summed E-state index contributed by atoms with van der Waals surface area (Å²) in [5.74, 6) is 0. The quantitative estimate of drug-likeness (QED) is 0.166. The van der Waals surface area contributed by atoms with E-state index in [9.17, 15) is 0 Å². The molecule has 3 heterocycles. The van der Waals surface area contributed by atoms with Gasteiger partial charge in [-0.25, -0.2) is 0 Å². The zero-order valence-electron chi connectivity index (χ0n) is 30.9. The summed E-state index contributed by atoms with van der Waals surface area (Å²) in [5, 5.41) is 7.65. The molecule has 266 valence electrons. The maximum atomic E-state index is 2.47. The van der Waals surface area contributed by atoms with E-state index in [0.717, 1.165) is 11.4 Å². The Hall–Kier alpha value is -7.20. The fourth-order valence-corrected chi connectivity index (χ4v) is 10.3. The molecule has 0 atom stereocenters. The fraction of sp³-hybridized carbons (Fsp3) is 0. The molecule has 0 N–H and O–H groups in total. The third-order valence-electron chi connectivity index (χ3n) is 11.7. The lowest BCUT2D eigenvalue weighted by Crippen LogP contribution is -1.96. The highest BCUT2D eigenvalue weighted by molar-refractivity contribution is 7.26. The maximum Gasteiger partial charge on any atom is 0.0562 e. The van der Waals surface area contributed by atoms with Crippen LogP contribution in [-0.2, 0) is 0 Å². The fourth-order valence-electron chi connectivity index (χ4n) is 9.04. The minimum atomic E-state index is 1.14. The Kier molecular flexibility index (Phi) is 7.13. The van der Waals surface area contributed by atoms with E-state index >= 15 is 0 Å². The number of hydrogen-bond acceptors (Lipinski definition) is 1. The van der Waals surface area contributed by atoms with E-state index < -0.39 is 0 Å². The van der Waals surface area contributed by atoms with Gasteiger partial charge in [-0.2, -0.15) is 0 Å². The van der Waals surface area contributed by atoms with Crippen LogP contribution in [-0.4, -0.2) is 9.13 Å². The second-order valence-corrected chi connectivity index (χ2v) is 16.0. The normalized spacial score (nSPS) is 11.9. The lowest BCUT2D eigenvalue weighted by atomic mass is 9.99. The molecule has 9 aromatic carbocycles. The molecule has 12 rings (SSSR count). The molecule has 0 bridgehead atoms. The molecule has 3 aromatic heterocycles. The van der Waals surface area contributed by atoms with Gasteiger partial charge in [-0.3, -0.25) is 0 Å². The van der Waals surface area contributed by atoms with Gasteiger partial charge in [-0.1, -0.05) is 152 Å². The molecule has 0 saturated carbocycles. The largest absolute Gasteiger partial charge is 0.309 e. The highest BCUT2D eigenvalue weighted by atomic mass is 32.1. The third-order valence-corrected chi connectivity index (χ3v) is 13.0. The van der Waals surface area contributed by atoms with Gasteiger partial charge >= 0.3 is 0 Å². The Labute approximate surface area is 333 Å². The Balaban J connectivity index is 1.08. The average molecular weight is 743 g/mol. The van der Waals surface area contributed by atoms with Crippen LogP contribution >= 0.6 is 11.3 Å². The van der Waals surface area contributed by atoms with Gasteiger partial charge < -0.3 is 9.13 Å². The first-order chi connectivity index (χ1) is 28.3. The topological polar surface area (TPSA) is 9.86 Å². The molecule has 0 spiro atoms. The van der Waals surface area contributed by atoms with Crippen molar-refractivity contribution in [1.82, 2.24) is 9.13 Å². The van der Waals surface area contributed by atoms with Crippen molar-refractivity contribution >= 4 is 75.1 Å². The Morgan fingerprint density at radius 1 is 0.281 bits per heavy atom. The van der Waals surface area contributed by atoms with Crippen LogP contribution in [0.1, 0.15) is 0 Å². The zero-order chi connectivity index (χ0) is 37.5. The van der Waals surface area contributed by atoms with Crippen molar-refractivity contribution in [2.45, 2.75) is 0 Å². The predicted molar refractivity (Wildman–Crippen MR) is 244 cm³/mol. The van der Waals surface area contributed by atoms with Crippen molar-refractivity contribution < 1.29 is 0 Å². The van der Waals surface area contributed by atoms with Crippen molar-refractivity contribution in [3.63, 3.8) is 0 Å². The Bertz CT molecular complexity index is 3480. The molecular weight excluding hydrogens is 709 g/mol. The molecule has 3 heteroatoms. The number of fused-ring (bicyclic) bond motifs is 9. The minimum absolute atomic E-state index is 1.14. The van der Waals surface area contributed by atoms with Crippen LogP contribution in [0.3, 0.4) is 0 Å². The number of rotatable bonds is 5. The van der Waals surface area contributed by atoms with Gasteiger partial charge in [0.25, 0.3) is 0 Å². The minimum Gasteiger partial charge on any atom is -0.309 e. The Morgan fingerprint density at radius 2 is 0.807 bits per heavy atom. The van der Waals surface area contributed by atoms with Gasteiger partial charge in [0.2, 0.25) is 0 Å². The summed E-state index contributed by atoms with van der Waals surface area (Å²) in [6, 6.07) is 75.6. The summed E-state index contributed by atoms with van der Waals surface area (Å²) < 4.78 is 7.55. The third kappa shape index (κ3) is 5.03. The molecule has 0 radical (unpaired) electrons. The molecule has 0 aliphatic heterocycles. The van der Waals surface area contributed by atoms with Gasteiger partial charge in [0.15, 0.2) is 0 Å².